The van der Waals surface area contributed by atoms with E-state index in [-0.39, 0.29) is 17.9 Å². The summed E-state index contributed by atoms with van der Waals surface area (Å²) in [6, 6.07) is 7.77. The molecule has 2 N–H and O–H groups in total. The molecule has 11 heteroatoms. The molecule has 2 aliphatic heterocycles. The molecule has 0 unspecified atom stereocenters. The lowest BCUT2D eigenvalue weighted by atomic mass is 10.1. The summed E-state index contributed by atoms with van der Waals surface area (Å²) in [5.41, 5.74) is 5.76. The molecule has 0 bridgehead atoms. The Morgan fingerprint density at radius 3 is 2.98 bits per heavy atom. The third kappa shape index (κ3) is 5.63. The topological polar surface area (TPSA) is 102 Å². The summed E-state index contributed by atoms with van der Waals surface area (Å²) in [6.07, 6.45) is 7.33. The maximum absolute atomic E-state index is 12.3. The van der Waals surface area contributed by atoms with Gasteiger partial charge in [0.1, 0.15) is 11.9 Å². The lowest BCUT2D eigenvalue weighted by Crippen LogP contribution is -2.37. The number of fused-ring (bicyclic) bond motifs is 2. The van der Waals surface area contributed by atoms with Gasteiger partial charge in [0.15, 0.2) is 5.65 Å². The van der Waals surface area contributed by atoms with Gasteiger partial charge in [-0.3, -0.25) is 4.79 Å². The standard InChI is InChI=1S/C30H37ClN8O2/c1-4-29(40)37-12-10-25-20(17-37)18-38(36-25)26-9-5-8-24(31)23(26)15-33-27-13-28(41-21-7-6-11-32-14-21)35-30-22(19(2)3)16-34-39(27)30/h5,8-9,13,16,18-19,21,32-33H,4,6-7,10-12,14-15,17H2,1-3H3/t21-/m1/s1. The smallest absolute Gasteiger partial charge is 0.222 e. The maximum atomic E-state index is 12.3. The number of amides is 1. The number of anilines is 1. The van der Waals surface area contributed by atoms with E-state index in [1.807, 2.05) is 57.7 Å². The Hall–Kier alpha value is -3.63. The molecule has 1 atom stereocenters. The summed E-state index contributed by atoms with van der Waals surface area (Å²) < 4.78 is 10.1. The van der Waals surface area contributed by atoms with E-state index < -0.39 is 0 Å². The minimum absolute atomic E-state index is 0.0848. The van der Waals surface area contributed by atoms with Gasteiger partial charge in [-0.1, -0.05) is 38.4 Å². The van der Waals surface area contributed by atoms with Crippen molar-refractivity contribution < 1.29 is 9.53 Å². The zero-order valence-electron chi connectivity index (χ0n) is 23.9. The van der Waals surface area contributed by atoms with Crippen molar-refractivity contribution in [2.24, 2.45) is 0 Å². The highest BCUT2D eigenvalue weighted by Crippen LogP contribution is 2.29. The van der Waals surface area contributed by atoms with E-state index in [9.17, 15) is 4.79 Å². The van der Waals surface area contributed by atoms with Gasteiger partial charge in [-0.25, -0.2) is 4.68 Å². The van der Waals surface area contributed by atoms with Gasteiger partial charge in [-0.2, -0.15) is 19.7 Å². The number of nitrogens with zero attached hydrogens (tertiary/aromatic N) is 6. The number of carbonyl (C=O) groups excluding carboxylic acids is 1. The van der Waals surface area contributed by atoms with Gasteiger partial charge in [0, 0.05) is 73.0 Å². The molecule has 6 rings (SSSR count). The Morgan fingerprint density at radius 1 is 1.32 bits per heavy atom. The van der Waals surface area contributed by atoms with E-state index in [0.29, 0.717) is 37.0 Å². The average molecular weight is 577 g/mol. The van der Waals surface area contributed by atoms with Crippen molar-refractivity contribution in [1.82, 2.24) is 34.6 Å². The number of piperidine rings is 1. The van der Waals surface area contributed by atoms with Crippen molar-refractivity contribution in [2.75, 3.05) is 25.0 Å². The quantitative estimate of drug-likeness (QED) is 0.313. The van der Waals surface area contributed by atoms with Crippen LogP contribution in [0.25, 0.3) is 11.3 Å². The van der Waals surface area contributed by atoms with Gasteiger partial charge in [0.2, 0.25) is 11.8 Å². The Balaban J connectivity index is 1.30. The summed E-state index contributed by atoms with van der Waals surface area (Å²) >= 11 is 6.78. The summed E-state index contributed by atoms with van der Waals surface area (Å²) in [5.74, 6) is 1.80. The minimum atomic E-state index is 0.0848. The second-order valence-corrected chi connectivity index (χ2v) is 11.5. The van der Waals surface area contributed by atoms with Gasteiger partial charge >= 0.3 is 0 Å². The molecule has 1 fully saturated rings. The molecule has 0 spiro atoms. The number of hydrogen-bond acceptors (Lipinski definition) is 7. The summed E-state index contributed by atoms with van der Waals surface area (Å²) in [4.78, 5) is 19.0. The van der Waals surface area contributed by atoms with Crippen LogP contribution in [0, 0.1) is 0 Å². The lowest BCUT2D eigenvalue weighted by molar-refractivity contribution is -0.131. The first-order valence-corrected chi connectivity index (χ1v) is 14.9. The van der Waals surface area contributed by atoms with Crippen LogP contribution in [-0.4, -0.2) is 60.9 Å². The number of halogens is 1. The van der Waals surface area contributed by atoms with E-state index in [2.05, 4.69) is 29.6 Å². The maximum Gasteiger partial charge on any atom is 0.222 e. The van der Waals surface area contributed by atoms with Gasteiger partial charge in [-0.05, 0) is 37.4 Å². The normalized spacial score (nSPS) is 17.2. The summed E-state index contributed by atoms with van der Waals surface area (Å²) in [5, 5.41) is 17.2. The predicted molar refractivity (Wildman–Crippen MR) is 159 cm³/mol. The number of hydrogen-bond donors (Lipinski definition) is 2. The van der Waals surface area contributed by atoms with Crippen molar-refractivity contribution >= 4 is 29.0 Å². The van der Waals surface area contributed by atoms with Crippen LogP contribution < -0.4 is 15.4 Å². The third-order valence-corrected chi connectivity index (χ3v) is 8.29. The molecule has 0 saturated carbocycles. The van der Waals surface area contributed by atoms with Crippen LogP contribution in [0.2, 0.25) is 5.02 Å². The molecule has 41 heavy (non-hydrogen) atoms. The number of carbonyl (C=O) groups is 1. The van der Waals surface area contributed by atoms with E-state index in [0.717, 1.165) is 71.9 Å². The molecule has 10 nitrogen and oxygen atoms in total. The average Bonchev–Trinajstić information content (AvgIpc) is 3.60. The van der Waals surface area contributed by atoms with Crippen LogP contribution in [0.15, 0.2) is 36.7 Å². The van der Waals surface area contributed by atoms with E-state index in [4.69, 9.17) is 26.4 Å². The Bertz CT molecular complexity index is 1560. The molecule has 5 heterocycles. The van der Waals surface area contributed by atoms with Crippen LogP contribution in [0.5, 0.6) is 5.88 Å². The van der Waals surface area contributed by atoms with Crippen LogP contribution in [0.1, 0.15) is 68.3 Å². The zero-order valence-corrected chi connectivity index (χ0v) is 24.6. The van der Waals surface area contributed by atoms with Crippen molar-refractivity contribution in [3.8, 4) is 11.6 Å². The van der Waals surface area contributed by atoms with Crippen LogP contribution in [0.3, 0.4) is 0 Å². The number of nitrogens with one attached hydrogen (secondary N) is 2. The molecular weight excluding hydrogens is 540 g/mol. The first kappa shape index (κ1) is 27.5. The SMILES string of the molecule is CCC(=O)N1CCc2nn(-c3cccc(Cl)c3CNc3cc(O[C@@H]4CCCNC4)nc4c(C(C)C)cnn34)cc2C1. The van der Waals surface area contributed by atoms with Gasteiger partial charge in [0.05, 0.1) is 17.6 Å². The fourth-order valence-electron chi connectivity index (χ4n) is 5.63. The number of benzene rings is 1. The predicted octanol–water partition coefficient (Wildman–Crippen LogP) is 4.73. The molecule has 1 aromatic carbocycles. The fraction of sp³-hybridized carbons (Fsp3) is 0.467. The van der Waals surface area contributed by atoms with Crippen molar-refractivity contribution in [1.29, 1.82) is 0 Å². The molecule has 3 aromatic heterocycles. The summed E-state index contributed by atoms with van der Waals surface area (Å²) in [6.45, 7) is 9.74. The molecule has 4 aromatic rings. The van der Waals surface area contributed by atoms with Crippen molar-refractivity contribution in [3.63, 3.8) is 0 Å². The fourth-order valence-corrected chi connectivity index (χ4v) is 5.87. The van der Waals surface area contributed by atoms with Gasteiger partial charge < -0.3 is 20.3 Å². The molecule has 0 aliphatic carbocycles. The van der Waals surface area contributed by atoms with Crippen molar-refractivity contribution in [3.05, 3.63) is 64.1 Å². The van der Waals surface area contributed by atoms with Crippen LogP contribution in [0.4, 0.5) is 5.82 Å². The Labute approximate surface area is 245 Å². The number of rotatable bonds is 8. The Kier molecular flexibility index (Phi) is 7.86. The molecule has 1 amide bonds. The monoisotopic (exact) mass is 576 g/mol. The van der Waals surface area contributed by atoms with E-state index >= 15 is 0 Å². The molecular formula is C30H37ClN8O2. The van der Waals surface area contributed by atoms with E-state index in [1.165, 1.54) is 0 Å². The first-order valence-electron chi connectivity index (χ1n) is 14.5. The highest BCUT2D eigenvalue weighted by atomic mass is 35.5. The second kappa shape index (κ2) is 11.7. The van der Waals surface area contributed by atoms with Crippen LogP contribution in [-0.2, 0) is 24.3 Å². The molecule has 0 radical (unpaired) electrons. The van der Waals surface area contributed by atoms with Gasteiger partial charge in [-0.15, -0.1) is 0 Å². The molecule has 1 saturated heterocycles. The second-order valence-electron chi connectivity index (χ2n) is 11.1. The first-order chi connectivity index (χ1) is 19.9. The minimum Gasteiger partial charge on any atom is -0.473 e. The lowest BCUT2D eigenvalue weighted by Gasteiger charge is -2.25. The highest BCUT2D eigenvalue weighted by Gasteiger charge is 2.24. The zero-order chi connectivity index (χ0) is 28.5. The molecule has 216 valence electrons. The Morgan fingerprint density at radius 2 is 2.20 bits per heavy atom. The largest absolute Gasteiger partial charge is 0.473 e. The number of aromatic nitrogens is 5. The van der Waals surface area contributed by atoms with Crippen LogP contribution >= 0.6 is 11.6 Å². The molecule has 2 aliphatic rings. The van der Waals surface area contributed by atoms with E-state index in [1.54, 1.807) is 0 Å². The van der Waals surface area contributed by atoms with Crippen molar-refractivity contribution in [2.45, 2.75) is 71.6 Å². The van der Waals surface area contributed by atoms with Gasteiger partial charge in [0.25, 0.3) is 0 Å². The summed E-state index contributed by atoms with van der Waals surface area (Å²) in [7, 11) is 0. The third-order valence-electron chi connectivity index (χ3n) is 7.94. The number of ether oxygens (including phenoxy) is 1. The highest BCUT2D eigenvalue weighted by molar-refractivity contribution is 6.31.